The van der Waals surface area contributed by atoms with E-state index in [1.807, 2.05) is 0 Å². The number of aliphatic carboxylic acids is 1. The predicted octanol–water partition coefficient (Wildman–Crippen LogP) is 3.47. The summed E-state index contributed by atoms with van der Waals surface area (Å²) in [4.78, 5) is 36.8. The Hall–Kier alpha value is -4.47. The van der Waals surface area contributed by atoms with Crippen LogP contribution in [0.4, 0.5) is 5.69 Å². The van der Waals surface area contributed by atoms with Crippen LogP contribution in [-0.4, -0.2) is 43.4 Å². The number of aryl methyl sites for hydroxylation is 1. The molecule has 0 bridgehead atoms. The Bertz CT molecular complexity index is 1310. The number of ether oxygens (including phenoxy) is 3. The lowest BCUT2D eigenvalue weighted by Gasteiger charge is -2.22. The van der Waals surface area contributed by atoms with Crippen molar-refractivity contribution in [2.45, 2.75) is 25.7 Å². The van der Waals surface area contributed by atoms with Crippen LogP contribution in [0.1, 0.15) is 34.8 Å². The maximum atomic E-state index is 13.1. The number of amides is 1. The minimum absolute atomic E-state index is 0.113. The van der Waals surface area contributed by atoms with Crippen molar-refractivity contribution < 1.29 is 38.4 Å². The van der Waals surface area contributed by atoms with Crippen LogP contribution < -0.4 is 25.2 Å². The van der Waals surface area contributed by atoms with Crippen molar-refractivity contribution in [3.63, 3.8) is 0 Å². The molecular weight excluding hydrogens is 470 g/mol. The summed E-state index contributed by atoms with van der Waals surface area (Å²) in [5.41, 5.74) is 0.509. The van der Waals surface area contributed by atoms with Crippen molar-refractivity contribution in [1.82, 2.24) is 0 Å². The lowest BCUT2D eigenvalue weighted by molar-refractivity contribution is -0.136. The Morgan fingerprint density at radius 3 is 2.22 bits per heavy atom. The molecule has 3 rings (SSSR count). The quantitative estimate of drug-likeness (QED) is 0.383. The zero-order valence-corrected chi connectivity index (χ0v) is 20.3. The van der Waals surface area contributed by atoms with Gasteiger partial charge in [0, 0.05) is 29.7 Å². The number of carboxylic acid groups (broad SMARTS) is 1. The number of benzene rings is 2. The first-order valence-corrected chi connectivity index (χ1v) is 10.9. The SMILES string of the molecule is COc1ccc(C(CC(=O)Nc2ccc(CC(=O)O)cc2)c2c(O)cc(C)oc2=O)c(OC)c1OC. The number of nitrogens with one attached hydrogen (secondary N) is 1. The van der Waals surface area contributed by atoms with Crippen LogP contribution in [0.2, 0.25) is 0 Å². The van der Waals surface area contributed by atoms with Gasteiger partial charge in [-0.3, -0.25) is 9.59 Å². The fourth-order valence-corrected chi connectivity index (χ4v) is 3.97. The lowest BCUT2D eigenvalue weighted by Crippen LogP contribution is -2.21. The molecule has 0 aliphatic rings. The first kappa shape index (κ1) is 26.1. The highest BCUT2D eigenvalue weighted by molar-refractivity contribution is 5.92. The van der Waals surface area contributed by atoms with Gasteiger partial charge >= 0.3 is 11.6 Å². The summed E-state index contributed by atoms with van der Waals surface area (Å²) in [7, 11) is 4.30. The smallest absolute Gasteiger partial charge is 0.343 e. The van der Waals surface area contributed by atoms with E-state index in [-0.39, 0.29) is 41.4 Å². The molecule has 0 fully saturated rings. The highest BCUT2D eigenvalue weighted by atomic mass is 16.5. The van der Waals surface area contributed by atoms with E-state index >= 15 is 0 Å². The zero-order chi connectivity index (χ0) is 26.4. The molecule has 36 heavy (non-hydrogen) atoms. The fourth-order valence-electron chi connectivity index (χ4n) is 3.97. The van der Waals surface area contributed by atoms with E-state index in [1.54, 1.807) is 36.4 Å². The molecule has 1 atom stereocenters. The third-order valence-corrected chi connectivity index (χ3v) is 5.53. The number of methoxy groups -OCH3 is 3. The second-order valence-corrected chi connectivity index (χ2v) is 7.94. The van der Waals surface area contributed by atoms with Crippen LogP contribution >= 0.6 is 0 Å². The summed E-state index contributed by atoms with van der Waals surface area (Å²) in [6, 6.07) is 10.9. The predicted molar refractivity (Wildman–Crippen MR) is 130 cm³/mol. The minimum Gasteiger partial charge on any atom is -0.507 e. The topological polar surface area (TPSA) is 145 Å². The maximum absolute atomic E-state index is 13.1. The number of rotatable bonds is 10. The molecule has 0 aliphatic heterocycles. The summed E-state index contributed by atoms with van der Waals surface area (Å²) in [6.45, 7) is 1.53. The van der Waals surface area contributed by atoms with Crippen molar-refractivity contribution in [3.8, 4) is 23.0 Å². The van der Waals surface area contributed by atoms with Gasteiger partial charge in [-0.05, 0) is 30.7 Å². The molecule has 1 unspecified atom stereocenters. The second kappa shape index (κ2) is 11.3. The summed E-state index contributed by atoms with van der Waals surface area (Å²) in [5.74, 6) is -1.65. The Balaban J connectivity index is 2.03. The molecule has 10 heteroatoms. The largest absolute Gasteiger partial charge is 0.507 e. The van der Waals surface area contributed by atoms with Gasteiger partial charge in [-0.1, -0.05) is 18.2 Å². The number of hydrogen-bond donors (Lipinski definition) is 3. The number of anilines is 1. The molecule has 0 spiro atoms. The third kappa shape index (κ3) is 5.77. The highest BCUT2D eigenvalue weighted by Gasteiger charge is 2.30. The molecule has 0 saturated heterocycles. The van der Waals surface area contributed by atoms with Crippen LogP contribution in [-0.2, 0) is 16.0 Å². The fraction of sp³-hybridized carbons (Fsp3) is 0.269. The van der Waals surface area contributed by atoms with Crippen molar-refractivity contribution in [3.05, 3.63) is 75.3 Å². The molecular formula is C26H27NO9. The number of carbonyl (C=O) groups is 2. The molecule has 0 aliphatic carbocycles. The van der Waals surface area contributed by atoms with Crippen molar-refractivity contribution in [1.29, 1.82) is 0 Å². The summed E-state index contributed by atoms with van der Waals surface area (Å²) < 4.78 is 21.6. The van der Waals surface area contributed by atoms with Gasteiger partial charge in [0.05, 0.1) is 33.3 Å². The van der Waals surface area contributed by atoms with Gasteiger partial charge < -0.3 is 34.2 Å². The van der Waals surface area contributed by atoms with Gasteiger partial charge in [-0.15, -0.1) is 0 Å². The molecule has 1 heterocycles. The Labute approximate surface area is 207 Å². The van der Waals surface area contributed by atoms with E-state index in [1.165, 1.54) is 34.3 Å². The Morgan fingerprint density at radius 2 is 1.67 bits per heavy atom. The van der Waals surface area contributed by atoms with Crippen molar-refractivity contribution in [2.75, 3.05) is 26.6 Å². The molecule has 190 valence electrons. The van der Waals surface area contributed by atoms with E-state index < -0.39 is 23.4 Å². The lowest BCUT2D eigenvalue weighted by atomic mass is 9.87. The number of hydrogen-bond acceptors (Lipinski definition) is 8. The average Bonchev–Trinajstić information content (AvgIpc) is 2.82. The second-order valence-electron chi connectivity index (χ2n) is 7.94. The van der Waals surface area contributed by atoms with Crippen LogP contribution in [0, 0.1) is 6.92 Å². The third-order valence-electron chi connectivity index (χ3n) is 5.53. The van der Waals surface area contributed by atoms with Crippen molar-refractivity contribution >= 4 is 17.6 Å². The van der Waals surface area contributed by atoms with Gasteiger partial charge in [-0.2, -0.15) is 0 Å². The van der Waals surface area contributed by atoms with Crippen LogP contribution in [0.25, 0.3) is 0 Å². The number of carboxylic acids is 1. The van der Waals surface area contributed by atoms with Gasteiger partial charge in [0.2, 0.25) is 11.7 Å². The number of aromatic hydroxyl groups is 1. The van der Waals surface area contributed by atoms with Gasteiger partial charge in [0.25, 0.3) is 0 Å². The standard InChI is InChI=1S/C26H27NO9/c1-14-11-19(28)23(26(32)36-14)18(17-9-10-20(33-2)25(35-4)24(17)34-3)13-21(29)27-16-7-5-15(6-8-16)12-22(30)31/h5-11,18,28H,12-13H2,1-4H3,(H,27,29)(H,30,31). The van der Waals surface area contributed by atoms with Crippen molar-refractivity contribution in [2.24, 2.45) is 0 Å². The molecule has 3 N–H and O–H groups in total. The molecule has 2 aromatic carbocycles. The Morgan fingerprint density at radius 1 is 1.00 bits per heavy atom. The monoisotopic (exact) mass is 497 g/mol. The average molecular weight is 498 g/mol. The number of carbonyl (C=O) groups excluding carboxylic acids is 1. The Kier molecular flexibility index (Phi) is 8.21. The summed E-state index contributed by atoms with van der Waals surface area (Å²) in [6.07, 6.45) is -0.401. The maximum Gasteiger partial charge on any atom is 0.343 e. The first-order chi connectivity index (χ1) is 17.2. The van der Waals surface area contributed by atoms with Crippen LogP contribution in [0.5, 0.6) is 23.0 Å². The molecule has 0 saturated carbocycles. The molecule has 10 nitrogen and oxygen atoms in total. The summed E-state index contributed by atoms with van der Waals surface area (Å²) >= 11 is 0. The summed E-state index contributed by atoms with van der Waals surface area (Å²) in [5, 5.41) is 22.3. The zero-order valence-electron chi connectivity index (χ0n) is 20.3. The van der Waals surface area contributed by atoms with Gasteiger partial charge in [0.15, 0.2) is 11.5 Å². The first-order valence-electron chi connectivity index (χ1n) is 10.9. The molecule has 1 aromatic heterocycles. The van der Waals surface area contributed by atoms with E-state index in [0.29, 0.717) is 22.6 Å². The minimum atomic E-state index is -0.970. The van der Waals surface area contributed by atoms with E-state index in [4.69, 9.17) is 23.7 Å². The van der Waals surface area contributed by atoms with E-state index in [2.05, 4.69) is 5.32 Å². The van der Waals surface area contributed by atoms with Gasteiger partial charge in [0.1, 0.15) is 11.5 Å². The van der Waals surface area contributed by atoms with Crippen LogP contribution in [0.15, 0.2) is 51.7 Å². The van der Waals surface area contributed by atoms with Gasteiger partial charge in [-0.25, -0.2) is 4.79 Å². The molecule has 1 amide bonds. The molecule has 0 radical (unpaired) electrons. The van der Waals surface area contributed by atoms with E-state index in [0.717, 1.165) is 0 Å². The van der Waals surface area contributed by atoms with Crippen LogP contribution in [0.3, 0.4) is 0 Å². The van der Waals surface area contributed by atoms with E-state index in [9.17, 15) is 19.5 Å². The normalized spacial score (nSPS) is 11.4. The highest BCUT2D eigenvalue weighted by Crippen LogP contribution is 2.46. The molecule has 3 aromatic rings.